The highest BCUT2D eigenvalue weighted by atomic mass is 79.9. The van der Waals surface area contributed by atoms with Gasteiger partial charge in [-0.2, -0.15) is 0 Å². The second-order valence-electron chi connectivity index (χ2n) is 5.42. The average Bonchev–Trinajstić information content (AvgIpc) is 2.38. The molecule has 0 aromatic heterocycles. The van der Waals surface area contributed by atoms with Crippen molar-refractivity contribution in [3.05, 3.63) is 28.2 Å². The summed E-state index contributed by atoms with van der Waals surface area (Å²) in [6.07, 6.45) is 2.33. The molecule has 0 radical (unpaired) electrons. The normalized spacial score (nSPS) is 11.4. The van der Waals surface area contributed by atoms with Crippen LogP contribution in [0, 0.1) is 5.92 Å². The summed E-state index contributed by atoms with van der Waals surface area (Å²) in [5, 5.41) is 0. The van der Waals surface area contributed by atoms with Gasteiger partial charge in [0, 0.05) is 28.6 Å². The highest BCUT2D eigenvalue weighted by molar-refractivity contribution is 9.10. The molecule has 0 heterocycles. The lowest BCUT2D eigenvalue weighted by Crippen LogP contribution is -2.38. The number of hydrogen-bond donors (Lipinski definition) is 0. The monoisotopic (exact) mass is 345 g/mol. The summed E-state index contributed by atoms with van der Waals surface area (Å²) in [5.74, 6) is 1.21. The summed E-state index contributed by atoms with van der Waals surface area (Å²) in [4.78, 5) is 2.53. The molecule has 0 N–H and O–H groups in total. The molecule has 0 aliphatic rings. The Labute approximate surface area is 131 Å². The Morgan fingerprint density at radius 1 is 1.21 bits per heavy atom. The van der Waals surface area contributed by atoms with E-state index in [2.05, 4.69) is 66.7 Å². The third-order valence-electron chi connectivity index (χ3n) is 3.45. The van der Waals surface area contributed by atoms with Crippen LogP contribution in [0.15, 0.2) is 22.7 Å². The van der Waals surface area contributed by atoms with E-state index >= 15 is 0 Å². The molecule has 0 unspecified atom stereocenters. The number of hydrogen-bond acceptors (Lipinski definition) is 1. The standard InChI is InChI=1S/C16H25BrClN/c1-5-15(6-2)19(11-12(3)4)16-9-14(17)8-7-13(16)10-18/h7-9,12,15H,5-6,10-11H2,1-4H3. The molecule has 0 aliphatic carbocycles. The molecule has 1 aromatic carbocycles. The fraction of sp³-hybridized carbons (Fsp3) is 0.625. The molecule has 0 bridgehead atoms. The van der Waals surface area contributed by atoms with Crippen molar-refractivity contribution >= 4 is 33.2 Å². The van der Waals surface area contributed by atoms with Crippen molar-refractivity contribution in [1.82, 2.24) is 0 Å². The van der Waals surface area contributed by atoms with E-state index in [1.54, 1.807) is 0 Å². The first-order valence-electron chi connectivity index (χ1n) is 7.14. The smallest absolute Gasteiger partial charge is 0.0494 e. The molecule has 0 aliphatic heterocycles. The Hall–Kier alpha value is -0.210. The van der Waals surface area contributed by atoms with Crippen molar-refractivity contribution in [1.29, 1.82) is 0 Å². The van der Waals surface area contributed by atoms with Gasteiger partial charge in [0.2, 0.25) is 0 Å². The molecular formula is C16H25BrClN. The number of alkyl halides is 1. The first-order valence-corrected chi connectivity index (χ1v) is 8.47. The van der Waals surface area contributed by atoms with Crippen molar-refractivity contribution < 1.29 is 0 Å². The van der Waals surface area contributed by atoms with E-state index in [9.17, 15) is 0 Å². The summed E-state index contributed by atoms with van der Waals surface area (Å²) < 4.78 is 1.12. The molecule has 19 heavy (non-hydrogen) atoms. The lowest BCUT2D eigenvalue weighted by molar-refractivity contribution is 0.506. The van der Waals surface area contributed by atoms with Gasteiger partial charge in [-0.1, -0.05) is 49.7 Å². The number of halogens is 2. The summed E-state index contributed by atoms with van der Waals surface area (Å²) >= 11 is 9.70. The minimum Gasteiger partial charge on any atom is -0.368 e. The van der Waals surface area contributed by atoms with Crippen LogP contribution in [0.5, 0.6) is 0 Å². The molecular weight excluding hydrogens is 322 g/mol. The van der Waals surface area contributed by atoms with E-state index in [1.807, 2.05) is 0 Å². The van der Waals surface area contributed by atoms with E-state index < -0.39 is 0 Å². The van der Waals surface area contributed by atoms with Gasteiger partial charge in [-0.05, 0) is 36.5 Å². The predicted molar refractivity (Wildman–Crippen MR) is 90.3 cm³/mol. The fourth-order valence-corrected chi connectivity index (χ4v) is 3.06. The zero-order valence-corrected chi connectivity index (χ0v) is 14.8. The van der Waals surface area contributed by atoms with E-state index in [1.165, 1.54) is 11.3 Å². The zero-order valence-electron chi connectivity index (χ0n) is 12.4. The summed E-state index contributed by atoms with van der Waals surface area (Å²) in [7, 11) is 0. The quantitative estimate of drug-likeness (QED) is 0.561. The molecule has 108 valence electrons. The van der Waals surface area contributed by atoms with Crippen molar-refractivity contribution in [3.63, 3.8) is 0 Å². The molecule has 0 amide bonds. The second-order valence-corrected chi connectivity index (χ2v) is 6.61. The van der Waals surface area contributed by atoms with Crippen LogP contribution in [0.3, 0.4) is 0 Å². The topological polar surface area (TPSA) is 3.24 Å². The predicted octanol–water partition coefficient (Wildman–Crippen LogP) is 5.84. The Morgan fingerprint density at radius 3 is 2.32 bits per heavy atom. The maximum Gasteiger partial charge on any atom is 0.0494 e. The number of benzene rings is 1. The van der Waals surface area contributed by atoms with E-state index in [0.29, 0.717) is 17.8 Å². The lowest BCUT2D eigenvalue weighted by Gasteiger charge is -2.35. The molecule has 1 rings (SSSR count). The average molecular weight is 347 g/mol. The van der Waals surface area contributed by atoms with Gasteiger partial charge in [-0.15, -0.1) is 11.6 Å². The van der Waals surface area contributed by atoms with E-state index in [0.717, 1.165) is 23.9 Å². The minimum absolute atomic E-state index is 0.567. The van der Waals surface area contributed by atoms with Gasteiger partial charge in [-0.3, -0.25) is 0 Å². The minimum atomic E-state index is 0.567. The highest BCUT2D eigenvalue weighted by Gasteiger charge is 2.19. The Morgan fingerprint density at radius 2 is 1.84 bits per heavy atom. The molecule has 1 aromatic rings. The second kappa shape index (κ2) is 8.16. The van der Waals surface area contributed by atoms with Crippen LogP contribution < -0.4 is 4.90 Å². The van der Waals surface area contributed by atoms with Gasteiger partial charge < -0.3 is 4.90 Å². The molecule has 0 fully saturated rings. The van der Waals surface area contributed by atoms with Crippen molar-refractivity contribution in [2.45, 2.75) is 52.5 Å². The summed E-state index contributed by atoms with van der Waals surface area (Å²) in [6, 6.07) is 6.99. The first kappa shape index (κ1) is 16.8. The van der Waals surface area contributed by atoms with E-state index in [-0.39, 0.29) is 0 Å². The van der Waals surface area contributed by atoms with Gasteiger partial charge in [0.05, 0.1) is 0 Å². The third kappa shape index (κ3) is 4.68. The Balaban J connectivity index is 3.18. The SMILES string of the molecule is CCC(CC)N(CC(C)C)c1cc(Br)ccc1CCl. The fourth-order valence-electron chi connectivity index (χ4n) is 2.48. The van der Waals surface area contributed by atoms with Crippen LogP contribution >= 0.6 is 27.5 Å². The number of nitrogens with zero attached hydrogens (tertiary/aromatic N) is 1. The highest BCUT2D eigenvalue weighted by Crippen LogP contribution is 2.30. The zero-order chi connectivity index (χ0) is 14.4. The van der Waals surface area contributed by atoms with Crippen LogP contribution in [0.2, 0.25) is 0 Å². The largest absolute Gasteiger partial charge is 0.368 e. The van der Waals surface area contributed by atoms with Crippen LogP contribution in [0.1, 0.15) is 46.1 Å². The van der Waals surface area contributed by atoms with Crippen molar-refractivity contribution in [2.24, 2.45) is 5.92 Å². The Bertz CT molecular complexity index is 388. The molecule has 0 saturated carbocycles. The van der Waals surface area contributed by atoms with Crippen LogP contribution in [-0.4, -0.2) is 12.6 Å². The molecule has 1 nitrogen and oxygen atoms in total. The maximum atomic E-state index is 6.11. The molecule has 0 saturated heterocycles. The molecule has 3 heteroatoms. The number of anilines is 1. The Kier molecular flexibility index (Phi) is 7.23. The summed E-state index contributed by atoms with van der Waals surface area (Å²) in [6.45, 7) is 10.1. The molecule has 0 atom stereocenters. The maximum absolute atomic E-state index is 6.11. The van der Waals surface area contributed by atoms with Gasteiger partial charge in [0.15, 0.2) is 0 Å². The van der Waals surface area contributed by atoms with Gasteiger partial charge in [0.25, 0.3) is 0 Å². The van der Waals surface area contributed by atoms with Gasteiger partial charge >= 0.3 is 0 Å². The van der Waals surface area contributed by atoms with Gasteiger partial charge in [0.1, 0.15) is 0 Å². The van der Waals surface area contributed by atoms with Crippen LogP contribution in [0.25, 0.3) is 0 Å². The van der Waals surface area contributed by atoms with Crippen molar-refractivity contribution in [2.75, 3.05) is 11.4 Å². The molecule has 0 spiro atoms. The lowest BCUT2D eigenvalue weighted by atomic mass is 10.0. The third-order valence-corrected chi connectivity index (χ3v) is 4.23. The van der Waals surface area contributed by atoms with Crippen molar-refractivity contribution in [3.8, 4) is 0 Å². The van der Waals surface area contributed by atoms with Crippen LogP contribution in [-0.2, 0) is 5.88 Å². The first-order chi connectivity index (χ1) is 9.03. The van der Waals surface area contributed by atoms with E-state index in [4.69, 9.17) is 11.6 Å². The van der Waals surface area contributed by atoms with Gasteiger partial charge in [-0.25, -0.2) is 0 Å². The summed E-state index contributed by atoms with van der Waals surface area (Å²) in [5.41, 5.74) is 2.50. The van der Waals surface area contributed by atoms with Crippen LogP contribution in [0.4, 0.5) is 5.69 Å². The number of rotatable bonds is 7.